The van der Waals surface area contributed by atoms with Crippen molar-refractivity contribution in [3.63, 3.8) is 0 Å². The maximum atomic E-state index is 11.1. The highest BCUT2D eigenvalue weighted by Crippen LogP contribution is 2.26. The Bertz CT molecular complexity index is 763. The van der Waals surface area contributed by atoms with Crippen molar-refractivity contribution >= 4 is 23.0 Å². The maximum absolute atomic E-state index is 11.1. The third-order valence-corrected chi connectivity index (χ3v) is 4.58. The van der Waals surface area contributed by atoms with Gasteiger partial charge in [0.1, 0.15) is 23.7 Å². The van der Waals surface area contributed by atoms with Gasteiger partial charge in [0.05, 0.1) is 4.92 Å². The van der Waals surface area contributed by atoms with Gasteiger partial charge in [-0.3, -0.25) is 10.1 Å². The highest BCUT2D eigenvalue weighted by Gasteiger charge is 2.14. The Morgan fingerprint density at radius 1 is 1.15 bits per heavy atom. The van der Waals surface area contributed by atoms with Crippen molar-refractivity contribution in [1.29, 1.82) is 0 Å². The topological polar surface area (TPSA) is 99.5 Å². The summed E-state index contributed by atoms with van der Waals surface area (Å²) < 4.78 is 0. The molecule has 9 nitrogen and oxygen atoms in total. The lowest BCUT2D eigenvalue weighted by Crippen LogP contribution is -2.44. The molecule has 27 heavy (non-hydrogen) atoms. The summed E-state index contributed by atoms with van der Waals surface area (Å²) in [6, 6.07) is 8.25. The highest BCUT2D eigenvalue weighted by atomic mass is 16.6. The second kappa shape index (κ2) is 9.24. The first kappa shape index (κ1) is 19.0. The summed E-state index contributed by atoms with van der Waals surface area (Å²) in [6.07, 6.45) is 2.47. The molecule has 2 N–H and O–H groups in total. The van der Waals surface area contributed by atoms with Gasteiger partial charge in [-0.25, -0.2) is 9.97 Å². The molecule has 0 bridgehead atoms. The number of nitro benzene ring substituents is 1. The first-order valence-corrected chi connectivity index (χ1v) is 9.09. The zero-order valence-electron chi connectivity index (χ0n) is 15.5. The zero-order valence-corrected chi connectivity index (χ0v) is 15.5. The fourth-order valence-corrected chi connectivity index (χ4v) is 2.99. The van der Waals surface area contributed by atoms with Gasteiger partial charge in [0.25, 0.3) is 5.69 Å². The number of nitro groups is 1. The largest absolute Gasteiger partial charge is 0.370 e. The number of likely N-dealkylation sites (N-methyl/N-ethyl adjacent to an activating group) is 1. The van der Waals surface area contributed by atoms with E-state index in [1.54, 1.807) is 24.3 Å². The third-order valence-electron chi connectivity index (χ3n) is 4.58. The number of hydrogen-bond acceptors (Lipinski definition) is 8. The van der Waals surface area contributed by atoms with Gasteiger partial charge < -0.3 is 20.4 Å². The van der Waals surface area contributed by atoms with Crippen LogP contribution in [0.3, 0.4) is 0 Å². The van der Waals surface area contributed by atoms with E-state index in [1.807, 2.05) is 0 Å². The Balaban J connectivity index is 1.50. The summed E-state index contributed by atoms with van der Waals surface area (Å²) >= 11 is 0. The van der Waals surface area contributed by atoms with Crippen LogP contribution >= 0.6 is 0 Å². The van der Waals surface area contributed by atoms with E-state index in [2.05, 4.69) is 37.4 Å². The summed E-state index contributed by atoms with van der Waals surface area (Å²) in [6.45, 7) is 6.36. The van der Waals surface area contributed by atoms with Crippen LogP contribution in [-0.4, -0.2) is 71.0 Å². The molecule has 0 unspecified atom stereocenters. The average Bonchev–Trinajstić information content (AvgIpc) is 2.67. The predicted octanol–water partition coefficient (Wildman–Crippen LogP) is 2.18. The highest BCUT2D eigenvalue weighted by molar-refractivity contribution is 5.68. The Kier molecular flexibility index (Phi) is 6.50. The number of anilines is 3. The summed E-state index contributed by atoms with van der Waals surface area (Å²) in [4.78, 5) is 23.9. The number of rotatable bonds is 8. The summed E-state index contributed by atoms with van der Waals surface area (Å²) in [7, 11) is 2.16. The Hall–Kier alpha value is -2.78. The molecule has 0 saturated carbocycles. The lowest BCUT2D eigenvalue weighted by molar-refractivity contribution is -0.383. The van der Waals surface area contributed by atoms with Crippen molar-refractivity contribution in [3.05, 3.63) is 46.8 Å². The van der Waals surface area contributed by atoms with Gasteiger partial charge in [0, 0.05) is 44.9 Å². The van der Waals surface area contributed by atoms with E-state index < -0.39 is 4.92 Å². The number of nitrogens with one attached hydrogen (secondary N) is 2. The van der Waals surface area contributed by atoms with Crippen LogP contribution in [0.5, 0.6) is 0 Å². The van der Waals surface area contributed by atoms with E-state index >= 15 is 0 Å². The van der Waals surface area contributed by atoms with Gasteiger partial charge in [-0.2, -0.15) is 0 Å². The van der Waals surface area contributed by atoms with E-state index in [-0.39, 0.29) is 5.69 Å². The quantitative estimate of drug-likeness (QED) is 0.414. The number of aromatic nitrogens is 2. The third kappa shape index (κ3) is 5.60. The molecule has 1 fully saturated rings. The molecule has 0 atom stereocenters. The average molecular weight is 371 g/mol. The fourth-order valence-electron chi connectivity index (χ4n) is 2.99. The van der Waals surface area contributed by atoms with Gasteiger partial charge in [-0.05, 0) is 26.1 Å². The fraction of sp³-hybridized carbons (Fsp3) is 0.444. The molecule has 1 aromatic heterocycles. The number of hydrogen-bond donors (Lipinski definition) is 2. The van der Waals surface area contributed by atoms with Crippen LogP contribution in [0.1, 0.15) is 6.42 Å². The molecule has 1 aromatic carbocycles. The van der Waals surface area contributed by atoms with Crippen LogP contribution in [-0.2, 0) is 0 Å². The number of piperazine rings is 1. The van der Waals surface area contributed by atoms with Crippen molar-refractivity contribution < 1.29 is 4.92 Å². The van der Waals surface area contributed by atoms with E-state index in [1.165, 1.54) is 12.4 Å². The predicted molar refractivity (Wildman–Crippen MR) is 105 cm³/mol. The summed E-state index contributed by atoms with van der Waals surface area (Å²) in [5, 5.41) is 17.4. The second-order valence-electron chi connectivity index (χ2n) is 6.61. The Morgan fingerprint density at radius 2 is 1.89 bits per heavy atom. The minimum Gasteiger partial charge on any atom is -0.370 e. The summed E-state index contributed by atoms with van der Waals surface area (Å²) in [5.41, 5.74) is 0.417. The van der Waals surface area contributed by atoms with Crippen LogP contribution in [0, 0.1) is 10.1 Å². The molecule has 2 heterocycles. The van der Waals surface area contributed by atoms with Crippen LogP contribution in [0.25, 0.3) is 0 Å². The van der Waals surface area contributed by atoms with E-state index in [4.69, 9.17) is 0 Å². The molecular formula is C18H25N7O2. The molecule has 1 saturated heterocycles. The Labute approximate surface area is 158 Å². The van der Waals surface area contributed by atoms with Gasteiger partial charge in [-0.15, -0.1) is 0 Å². The lowest BCUT2D eigenvalue weighted by atomic mass is 10.2. The first-order valence-electron chi connectivity index (χ1n) is 9.09. The van der Waals surface area contributed by atoms with Crippen molar-refractivity contribution in [2.45, 2.75) is 6.42 Å². The lowest BCUT2D eigenvalue weighted by Gasteiger charge is -2.32. The standard InChI is InChI=1S/C18H25N7O2/c1-23-9-11-24(12-10-23)8-4-7-19-17-13-18(21-14-20-17)22-15-5-2-3-6-16(15)25(26)27/h2-3,5-6,13-14H,4,7-12H2,1H3,(H2,19,20,21,22). The molecule has 0 spiro atoms. The molecule has 1 aliphatic heterocycles. The molecule has 0 radical (unpaired) electrons. The molecular weight excluding hydrogens is 346 g/mol. The maximum Gasteiger partial charge on any atom is 0.292 e. The first-order chi connectivity index (χ1) is 13.1. The minimum atomic E-state index is -0.416. The van der Waals surface area contributed by atoms with E-state index in [0.29, 0.717) is 17.3 Å². The van der Waals surface area contributed by atoms with Crippen LogP contribution in [0.15, 0.2) is 36.7 Å². The monoisotopic (exact) mass is 371 g/mol. The molecule has 0 amide bonds. The SMILES string of the molecule is CN1CCN(CCCNc2cc(Nc3ccccc3[N+](=O)[O-])ncn2)CC1. The van der Waals surface area contributed by atoms with Crippen molar-refractivity contribution in [2.24, 2.45) is 0 Å². The molecule has 2 aromatic rings. The van der Waals surface area contributed by atoms with Gasteiger partial charge in [0.15, 0.2) is 0 Å². The van der Waals surface area contributed by atoms with Crippen molar-refractivity contribution in [1.82, 2.24) is 19.8 Å². The Morgan fingerprint density at radius 3 is 2.67 bits per heavy atom. The van der Waals surface area contributed by atoms with E-state index in [9.17, 15) is 10.1 Å². The molecule has 3 rings (SSSR count). The number of para-hydroxylation sites is 2. The van der Waals surface area contributed by atoms with Crippen LogP contribution in [0.4, 0.5) is 23.0 Å². The van der Waals surface area contributed by atoms with E-state index in [0.717, 1.165) is 45.7 Å². The number of nitrogens with zero attached hydrogens (tertiary/aromatic N) is 5. The molecule has 9 heteroatoms. The van der Waals surface area contributed by atoms with Gasteiger partial charge in [-0.1, -0.05) is 12.1 Å². The zero-order chi connectivity index (χ0) is 19.1. The van der Waals surface area contributed by atoms with Gasteiger partial charge >= 0.3 is 0 Å². The van der Waals surface area contributed by atoms with Crippen LogP contribution < -0.4 is 10.6 Å². The van der Waals surface area contributed by atoms with Gasteiger partial charge in [0.2, 0.25) is 0 Å². The van der Waals surface area contributed by atoms with Crippen LogP contribution in [0.2, 0.25) is 0 Å². The normalized spacial score (nSPS) is 15.4. The molecule has 1 aliphatic rings. The smallest absolute Gasteiger partial charge is 0.292 e. The summed E-state index contributed by atoms with van der Waals surface area (Å²) in [5.74, 6) is 1.21. The van der Waals surface area contributed by atoms with Crippen molar-refractivity contribution in [2.75, 3.05) is 56.9 Å². The van der Waals surface area contributed by atoms with Crippen molar-refractivity contribution in [3.8, 4) is 0 Å². The molecule has 144 valence electrons. The minimum absolute atomic E-state index is 0.0118. The number of benzene rings is 1. The molecule has 0 aliphatic carbocycles. The second-order valence-corrected chi connectivity index (χ2v) is 6.61.